The highest BCUT2D eigenvalue weighted by molar-refractivity contribution is 5.82. The van der Waals surface area contributed by atoms with Gasteiger partial charge in [-0.1, -0.05) is 6.42 Å². The van der Waals surface area contributed by atoms with Crippen molar-refractivity contribution in [2.45, 2.75) is 19.3 Å². The molecule has 0 aromatic rings. The Hall–Kier alpha value is -0.570. The van der Waals surface area contributed by atoms with Crippen LogP contribution < -0.4 is 0 Å². The quantitative estimate of drug-likeness (QED) is 0.691. The van der Waals surface area contributed by atoms with E-state index in [1.165, 1.54) is 19.3 Å². The van der Waals surface area contributed by atoms with Gasteiger partial charge in [-0.05, 0) is 24.7 Å². The van der Waals surface area contributed by atoms with Crippen LogP contribution >= 0.6 is 0 Å². The largest absolute Gasteiger partial charge is 0.395 e. The maximum Gasteiger partial charge on any atom is 0.226 e. The van der Waals surface area contributed by atoms with Crippen molar-refractivity contribution in [2.75, 3.05) is 20.2 Å². The zero-order valence-electron chi connectivity index (χ0n) is 8.07. The maximum atomic E-state index is 11.7. The van der Waals surface area contributed by atoms with Crippen LogP contribution in [0.25, 0.3) is 0 Å². The molecule has 0 aromatic carbocycles. The molecule has 0 aromatic heterocycles. The van der Waals surface area contributed by atoms with Crippen LogP contribution in [-0.2, 0) is 4.79 Å². The van der Waals surface area contributed by atoms with E-state index in [1.54, 1.807) is 11.9 Å². The van der Waals surface area contributed by atoms with E-state index in [0.717, 1.165) is 0 Å². The van der Waals surface area contributed by atoms with Crippen LogP contribution in [-0.4, -0.2) is 36.1 Å². The molecule has 0 radical (unpaired) electrons. The Kier molecular flexibility index (Phi) is 2.28. The summed E-state index contributed by atoms with van der Waals surface area (Å²) in [4.78, 5) is 13.4. The number of amides is 1. The Bertz CT molecular complexity index is 207. The van der Waals surface area contributed by atoms with Gasteiger partial charge in [0, 0.05) is 19.5 Å². The first-order valence-electron chi connectivity index (χ1n) is 5.11. The van der Waals surface area contributed by atoms with Gasteiger partial charge in [0.15, 0.2) is 0 Å². The highest BCUT2D eigenvalue weighted by Gasteiger charge is 2.57. The number of likely N-dealkylation sites (N-methyl/N-ethyl adjacent to an activating group) is 1. The number of fused-ring (bicyclic) bond motifs is 1. The lowest BCUT2D eigenvalue weighted by atomic mass is 10.1. The molecule has 0 saturated heterocycles. The Balaban J connectivity index is 1.85. The smallest absolute Gasteiger partial charge is 0.226 e. The number of nitrogens with zero attached hydrogens (tertiary/aromatic N) is 1. The van der Waals surface area contributed by atoms with Crippen molar-refractivity contribution in [1.29, 1.82) is 0 Å². The van der Waals surface area contributed by atoms with Crippen molar-refractivity contribution in [3.8, 4) is 0 Å². The molecule has 2 aliphatic rings. The lowest BCUT2D eigenvalue weighted by molar-refractivity contribution is -0.132. The van der Waals surface area contributed by atoms with Crippen LogP contribution in [0, 0.1) is 17.8 Å². The van der Waals surface area contributed by atoms with Gasteiger partial charge in [0.25, 0.3) is 0 Å². The lowest BCUT2D eigenvalue weighted by Gasteiger charge is -2.16. The van der Waals surface area contributed by atoms with E-state index < -0.39 is 0 Å². The normalized spacial score (nSPS) is 35.7. The average Bonchev–Trinajstić information content (AvgIpc) is 2.58. The lowest BCUT2D eigenvalue weighted by Crippen LogP contribution is -2.31. The molecule has 2 unspecified atom stereocenters. The summed E-state index contributed by atoms with van der Waals surface area (Å²) >= 11 is 0. The third kappa shape index (κ3) is 1.46. The fourth-order valence-electron chi connectivity index (χ4n) is 2.70. The van der Waals surface area contributed by atoms with Crippen LogP contribution in [0.4, 0.5) is 0 Å². The Morgan fingerprint density at radius 3 is 2.62 bits per heavy atom. The van der Waals surface area contributed by atoms with E-state index in [4.69, 9.17) is 5.11 Å². The summed E-state index contributed by atoms with van der Waals surface area (Å²) in [5.41, 5.74) is 0. The van der Waals surface area contributed by atoms with Crippen LogP contribution in [0.15, 0.2) is 0 Å². The van der Waals surface area contributed by atoms with E-state index in [9.17, 15) is 4.79 Å². The number of carbonyl (C=O) groups is 1. The monoisotopic (exact) mass is 183 g/mol. The molecule has 3 nitrogen and oxygen atoms in total. The number of rotatable bonds is 3. The van der Waals surface area contributed by atoms with Gasteiger partial charge in [0.1, 0.15) is 0 Å². The molecule has 2 saturated carbocycles. The number of aliphatic hydroxyl groups excluding tert-OH is 1. The van der Waals surface area contributed by atoms with E-state index in [0.29, 0.717) is 24.3 Å². The fraction of sp³-hybridized carbons (Fsp3) is 0.900. The predicted octanol–water partition coefficient (Wildman–Crippen LogP) is 0.483. The summed E-state index contributed by atoms with van der Waals surface area (Å²) in [7, 11) is 1.78. The second-order valence-electron chi connectivity index (χ2n) is 4.27. The first kappa shape index (κ1) is 9.00. The minimum Gasteiger partial charge on any atom is -0.395 e. The Morgan fingerprint density at radius 1 is 1.46 bits per heavy atom. The van der Waals surface area contributed by atoms with Crippen molar-refractivity contribution in [1.82, 2.24) is 4.90 Å². The van der Waals surface area contributed by atoms with Crippen molar-refractivity contribution < 1.29 is 9.90 Å². The number of hydrogen-bond acceptors (Lipinski definition) is 2. The third-order valence-electron chi connectivity index (χ3n) is 3.50. The van der Waals surface area contributed by atoms with Crippen LogP contribution in [0.2, 0.25) is 0 Å². The zero-order valence-corrected chi connectivity index (χ0v) is 8.07. The highest BCUT2D eigenvalue weighted by atomic mass is 16.3. The zero-order chi connectivity index (χ0) is 9.42. The van der Waals surface area contributed by atoms with Crippen LogP contribution in [0.1, 0.15) is 19.3 Å². The summed E-state index contributed by atoms with van der Waals surface area (Å²) in [6, 6.07) is 0. The van der Waals surface area contributed by atoms with Gasteiger partial charge in [0.05, 0.1) is 6.61 Å². The second-order valence-corrected chi connectivity index (χ2v) is 4.27. The van der Waals surface area contributed by atoms with E-state index in [1.807, 2.05) is 0 Å². The molecule has 0 spiro atoms. The van der Waals surface area contributed by atoms with E-state index in [-0.39, 0.29) is 12.5 Å². The summed E-state index contributed by atoms with van der Waals surface area (Å²) in [6.07, 6.45) is 3.80. The van der Waals surface area contributed by atoms with Gasteiger partial charge in [-0.15, -0.1) is 0 Å². The van der Waals surface area contributed by atoms with Gasteiger partial charge in [-0.2, -0.15) is 0 Å². The van der Waals surface area contributed by atoms with Gasteiger partial charge in [-0.3, -0.25) is 4.79 Å². The third-order valence-corrected chi connectivity index (χ3v) is 3.50. The molecule has 2 aliphatic carbocycles. The SMILES string of the molecule is CN(CCO)C(=O)C1C2CCCC21. The first-order chi connectivity index (χ1) is 6.25. The molecule has 3 heteroatoms. The van der Waals surface area contributed by atoms with Gasteiger partial charge in [0.2, 0.25) is 5.91 Å². The molecule has 74 valence electrons. The van der Waals surface area contributed by atoms with Crippen LogP contribution in [0.5, 0.6) is 0 Å². The highest BCUT2D eigenvalue weighted by Crippen LogP contribution is 2.57. The molecule has 0 heterocycles. The molecule has 1 amide bonds. The molecule has 2 fully saturated rings. The minimum atomic E-state index is 0.0737. The average molecular weight is 183 g/mol. The molecule has 0 bridgehead atoms. The fourth-order valence-corrected chi connectivity index (χ4v) is 2.70. The maximum absolute atomic E-state index is 11.7. The molecule has 13 heavy (non-hydrogen) atoms. The van der Waals surface area contributed by atoms with E-state index in [2.05, 4.69) is 0 Å². The van der Waals surface area contributed by atoms with Crippen molar-refractivity contribution in [3.05, 3.63) is 0 Å². The van der Waals surface area contributed by atoms with Crippen molar-refractivity contribution in [3.63, 3.8) is 0 Å². The van der Waals surface area contributed by atoms with Crippen LogP contribution in [0.3, 0.4) is 0 Å². The van der Waals surface area contributed by atoms with Gasteiger partial charge in [-0.25, -0.2) is 0 Å². The molecule has 1 N–H and O–H groups in total. The number of carbonyl (C=O) groups excluding carboxylic acids is 1. The Labute approximate surface area is 78.7 Å². The predicted molar refractivity (Wildman–Crippen MR) is 49.0 cm³/mol. The molecule has 2 rings (SSSR count). The molecular weight excluding hydrogens is 166 g/mol. The van der Waals surface area contributed by atoms with Crippen molar-refractivity contribution in [2.24, 2.45) is 17.8 Å². The van der Waals surface area contributed by atoms with Gasteiger partial charge >= 0.3 is 0 Å². The summed E-state index contributed by atoms with van der Waals surface area (Å²) in [5.74, 6) is 1.94. The molecular formula is C10H17NO2. The summed E-state index contributed by atoms with van der Waals surface area (Å²) in [5, 5.41) is 8.70. The van der Waals surface area contributed by atoms with Crippen molar-refractivity contribution >= 4 is 5.91 Å². The minimum absolute atomic E-state index is 0.0737. The second kappa shape index (κ2) is 3.29. The van der Waals surface area contributed by atoms with Gasteiger partial charge < -0.3 is 10.0 Å². The van der Waals surface area contributed by atoms with E-state index >= 15 is 0 Å². The topological polar surface area (TPSA) is 40.5 Å². The standard InChI is InChI=1S/C10H17NO2/c1-11(5-6-12)10(13)9-7-3-2-4-8(7)9/h7-9,12H,2-6H2,1H3. The Morgan fingerprint density at radius 2 is 2.08 bits per heavy atom. The number of hydrogen-bond donors (Lipinski definition) is 1. The first-order valence-corrected chi connectivity index (χ1v) is 5.11. The molecule has 0 aliphatic heterocycles. The summed E-state index contributed by atoms with van der Waals surface area (Å²) < 4.78 is 0. The number of aliphatic hydroxyl groups is 1. The summed E-state index contributed by atoms with van der Waals surface area (Å²) in [6.45, 7) is 0.555. The molecule has 2 atom stereocenters.